The lowest BCUT2D eigenvalue weighted by Crippen LogP contribution is -2.47. The van der Waals surface area contributed by atoms with Crippen LogP contribution in [-0.2, 0) is 23.1 Å². The van der Waals surface area contributed by atoms with Gasteiger partial charge < -0.3 is 23.4 Å². The van der Waals surface area contributed by atoms with Crippen LogP contribution in [0.3, 0.4) is 0 Å². The lowest BCUT2D eigenvalue weighted by Gasteiger charge is -2.41. The van der Waals surface area contributed by atoms with Crippen LogP contribution in [0.2, 0.25) is 36.3 Å². The molecule has 1 saturated heterocycles. The summed E-state index contributed by atoms with van der Waals surface area (Å²) in [4.78, 5) is 12.3. The minimum atomic E-state index is -2.02. The van der Waals surface area contributed by atoms with Crippen LogP contribution in [0.25, 0.3) is 0 Å². The number of ether oxygens (including phenoxy) is 2. The van der Waals surface area contributed by atoms with Crippen molar-refractivity contribution < 1.29 is 28.2 Å². The van der Waals surface area contributed by atoms with Crippen molar-refractivity contribution in [2.45, 2.75) is 244 Å². The van der Waals surface area contributed by atoms with Crippen molar-refractivity contribution in [3.05, 3.63) is 23.8 Å². The summed E-state index contributed by atoms with van der Waals surface area (Å²) in [5, 5.41) is 11.2. The summed E-state index contributed by atoms with van der Waals surface area (Å²) >= 11 is 0. The summed E-state index contributed by atoms with van der Waals surface area (Å²) in [5.41, 5.74) is 0.709. The summed E-state index contributed by atoms with van der Waals surface area (Å²) in [7, 11) is -3.99. The van der Waals surface area contributed by atoms with Gasteiger partial charge in [0, 0.05) is 24.8 Å². The molecule has 0 aromatic rings. The van der Waals surface area contributed by atoms with Crippen molar-refractivity contribution in [1.29, 1.82) is 0 Å². The maximum atomic E-state index is 12.3. The Morgan fingerprint density at radius 2 is 1.40 bits per heavy atom. The predicted molar refractivity (Wildman–Crippen MR) is 236 cm³/mol. The number of carbonyl (C=O) groups is 1. The lowest BCUT2D eigenvalue weighted by atomic mass is 10.0. The molecule has 2 aliphatic heterocycles. The number of cyclic esters (lactones) is 1. The highest BCUT2D eigenvalue weighted by Gasteiger charge is 2.43. The van der Waals surface area contributed by atoms with Crippen LogP contribution in [-0.4, -0.2) is 64.3 Å². The summed E-state index contributed by atoms with van der Waals surface area (Å²) in [6.07, 6.45) is 24.2. The minimum Gasteiger partial charge on any atom is -0.455 e. The molecule has 0 aromatic heterocycles. The minimum absolute atomic E-state index is 0.0198. The zero-order valence-corrected chi connectivity index (χ0v) is 39.4. The first-order valence-corrected chi connectivity index (χ1v) is 27.8. The van der Waals surface area contributed by atoms with E-state index < -0.39 is 22.7 Å². The third kappa shape index (κ3) is 18.6. The molecule has 8 heteroatoms. The van der Waals surface area contributed by atoms with E-state index in [1.54, 1.807) is 0 Å². The van der Waals surface area contributed by atoms with E-state index in [0.29, 0.717) is 24.8 Å². The number of rotatable bonds is 23. The van der Waals surface area contributed by atoms with Crippen molar-refractivity contribution in [3.63, 3.8) is 0 Å². The second kappa shape index (κ2) is 24.3. The van der Waals surface area contributed by atoms with E-state index in [1.807, 2.05) is 19.1 Å². The van der Waals surface area contributed by atoms with Crippen molar-refractivity contribution in [2.24, 2.45) is 0 Å². The normalized spacial score (nSPS) is 21.1. The molecule has 0 aliphatic carbocycles. The maximum absolute atomic E-state index is 12.3. The van der Waals surface area contributed by atoms with E-state index in [4.69, 9.17) is 18.3 Å². The van der Waals surface area contributed by atoms with Gasteiger partial charge in [0.2, 0.25) is 0 Å². The lowest BCUT2D eigenvalue weighted by molar-refractivity contribution is -0.139. The third-order valence-electron chi connectivity index (χ3n) is 12.2. The molecule has 1 unspecified atom stereocenters. The second-order valence-electron chi connectivity index (χ2n) is 19.3. The van der Waals surface area contributed by atoms with Gasteiger partial charge in [-0.25, -0.2) is 4.79 Å². The van der Waals surface area contributed by atoms with E-state index >= 15 is 0 Å². The molecule has 1 fully saturated rings. The quantitative estimate of drug-likeness (QED) is 0.0480. The topological polar surface area (TPSA) is 74.2 Å². The number of esters is 1. The van der Waals surface area contributed by atoms with Crippen LogP contribution in [0.15, 0.2) is 23.8 Å². The Balaban J connectivity index is 1.82. The highest BCUT2D eigenvalue weighted by molar-refractivity contribution is 6.74. The Hall–Kier alpha value is -1.66. The summed E-state index contributed by atoms with van der Waals surface area (Å²) in [6, 6.07) is 0. The molecule has 2 rings (SSSR count). The first-order chi connectivity index (χ1) is 25.8. The maximum Gasteiger partial charge on any atom is 0.334 e. The summed E-state index contributed by atoms with van der Waals surface area (Å²) in [6.45, 7) is 26.9. The van der Waals surface area contributed by atoms with Crippen molar-refractivity contribution >= 4 is 22.6 Å². The Bertz CT molecular complexity index is 1310. The van der Waals surface area contributed by atoms with Crippen molar-refractivity contribution in [2.75, 3.05) is 0 Å². The van der Waals surface area contributed by atoms with Gasteiger partial charge >= 0.3 is 5.97 Å². The van der Waals surface area contributed by atoms with Gasteiger partial charge in [0.25, 0.3) is 0 Å². The largest absolute Gasteiger partial charge is 0.455 e. The first kappa shape index (κ1) is 49.5. The van der Waals surface area contributed by atoms with Crippen LogP contribution in [0.4, 0.5) is 0 Å². The number of unbranched alkanes of at least 4 members (excludes halogenated alkanes) is 11. The number of hydrogen-bond acceptors (Lipinski definition) is 6. The molecular weight excluding hydrogens is 717 g/mol. The van der Waals surface area contributed by atoms with Gasteiger partial charge in [-0.05, 0) is 87.4 Å². The Morgan fingerprint density at radius 3 is 1.98 bits per heavy atom. The summed E-state index contributed by atoms with van der Waals surface area (Å²) < 4.78 is 25.5. The van der Waals surface area contributed by atoms with Crippen LogP contribution in [0.1, 0.15) is 171 Å². The Morgan fingerprint density at radius 1 is 0.836 bits per heavy atom. The van der Waals surface area contributed by atoms with Crippen LogP contribution in [0, 0.1) is 23.7 Å². The molecule has 0 spiro atoms. The van der Waals surface area contributed by atoms with E-state index in [0.717, 1.165) is 32.1 Å². The zero-order chi connectivity index (χ0) is 41.1. The van der Waals surface area contributed by atoms with Gasteiger partial charge in [-0.1, -0.05) is 137 Å². The molecule has 55 heavy (non-hydrogen) atoms. The van der Waals surface area contributed by atoms with Crippen LogP contribution < -0.4 is 0 Å². The monoisotopic (exact) mass is 799 g/mol. The van der Waals surface area contributed by atoms with Gasteiger partial charge in [0.05, 0.1) is 24.4 Å². The predicted octanol–water partition coefficient (Wildman–Crippen LogP) is 12.4. The SMILES string of the molecule is CCCCCCCCCCCC[C@H](O[Si](C)(C)C(C)(C)C)[C@@H]1CC[C@H](C(O)C#CCCCC#C/C=C/C[C@H](CC2=C[C@H](C)OC2=O)O[Si](C)(C)C(C)(C)C)O1. The average molecular weight is 799 g/mol. The van der Waals surface area contributed by atoms with Crippen molar-refractivity contribution in [3.8, 4) is 23.7 Å². The molecule has 1 N–H and O–H groups in total. The van der Waals surface area contributed by atoms with Crippen molar-refractivity contribution in [1.82, 2.24) is 0 Å². The van der Waals surface area contributed by atoms with E-state index in [9.17, 15) is 9.90 Å². The molecule has 0 saturated carbocycles. The van der Waals surface area contributed by atoms with Crippen LogP contribution in [0.5, 0.6) is 0 Å². The first-order valence-electron chi connectivity index (χ1n) is 22.0. The Kier molecular flexibility index (Phi) is 21.9. The number of hydrogen-bond donors (Lipinski definition) is 1. The second-order valence-corrected chi connectivity index (χ2v) is 28.8. The molecule has 2 aliphatic rings. The van der Waals surface area contributed by atoms with Gasteiger partial charge in [-0.3, -0.25) is 0 Å². The van der Waals surface area contributed by atoms with E-state index in [-0.39, 0.29) is 46.6 Å². The van der Waals surface area contributed by atoms with Gasteiger partial charge in [0.1, 0.15) is 12.2 Å². The number of aliphatic hydroxyl groups excluding tert-OH is 1. The van der Waals surface area contributed by atoms with E-state index in [1.165, 1.54) is 64.2 Å². The standard InChI is InChI=1S/C47H82O6Si2/c1-13-14-15-16-17-18-19-24-27-30-33-44(53-55(11,12)47(6,7)8)43-35-34-42(51-43)41(48)32-29-26-23-21-20-22-25-28-31-40(52-54(9,10)46(3,4)5)37-39-36-38(2)50-45(39)49/h25,28,36,38,40-44,48H,13-19,21,23-24,26-27,30-31,33-35,37H2,1-12H3/b28-25+/t38-,40+,41?,42+,43-,44-/m0/s1. The number of aliphatic hydroxyl groups is 1. The molecule has 2 heterocycles. The summed E-state index contributed by atoms with van der Waals surface area (Å²) in [5.74, 6) is 12.4. The van der Waals surface area contributed by atoms with Crippen LogP contribution >= 0.6 is 0 Å². The fourth-order valence-electron chi connectivity index (χ4n) is 6.64. The molecule has 0 radical (unpaired) electrons. The third-order valence-corrected chi connectivity index (χ3v) is 21.2. The molecule has 6 atom stereocenters. The van der Waals surface area contributed by atoms with Gasteiger partial charge in [-0.2, -0.15) is 0 Å². The number of allylic oxidation sites excluding steroid dienone is 1. The average Bonchev–Trinajstić information content (AvgIpc) is 3.70. The fourth-order valence-corrected chi connectivity index (χ4v) is 9.39. The smallest absolute Gasteiger partial charge is 0.334 e. The van der Waals surface area contributed by atoms with Gasteiger partial charge in [-0.15, -0.1) is 5.92 Å². The zero-order valence-electron chi connectivity index (χ0n) is 37.4. The van der Waals surface area contributed by atoms with Gasteiger partial charge in [0.15, 0.2) is 16.6 Å². The molecule has 0 aromatic carbocycles. The highest BCUT2D eigenvalue weighted by atomic mass is 28.4. The fraction of sp³-hybridized carbons (Fsp3) is 0.809. The molecule has 0 bridgehead atoms. The molecule has 0 amide bonds. The Labute approximate surface area is 341 Å². The van der Waals surface area contributed by atoms with E-state index in [2.05, 4.69) is 104 Å². The highest BCUT2D eigenvalue weighted by Crippen LogP contribution is 2.41. The molecule has 6 nitrogen and oxygen atoms in total. The number of carbonyl (C=O) groups excluding carboxylic acids is 1. The molecule has 314 valence electrons. The molecular formula is C47H82O6Si2.